The standard InChI is InChI=1S/C18H15BrFN3S/c1-2-21-18-23(22-11-13-3-9-16(20)10-4-13)17(12-24-18)14-5-7-15(19)8-6-14/h3-12H,2H2,1H3/b21-18?,22-11-. The van der Waals surface area contributed by atoms with E-state index in [0.717, 1.165) is 26.1 Å². The highest BCUT2D eigenvalue weighted by Gasteiger charge is 2.07. The van der Waals surface area contributed by atoms with E-state index in [9.17, 15) is 4.39 Å². The van der Waals surface area contributed by atoms with Gasteiger partial charge in [-0.3, -0.25) is 4.99 Å². The molecule has 2 aromatic carbocycles. The highest BCUT2D eigenvalue weighted by Crippen LogP contribution is 2.22. The molecule has 122 valence electrons. The van der Waals surface area contributed by atoms with Crippen molar-refractivity contribution >= 4 is 33.5 Å². The molecule has 0 bridgehead atoms. The molecule has 1 aromatic heterocycles. The number of rotatable bonds is 4. The normalized spacial score (nSPS) is 12.2. The molecular weight excluding hydrogens is 389 g/mol. The molecule has 6 heteroatoms. The number of halogens is 2. The van der Waals surface area contributed by atoms with E-state index in [2.05, 4.69) is 26.0 Å². The van der Waals surface area contributed by atoms with Crippen LogP contribution in [0.5, 0.6) is 0 Å². The third kappa shape index (κ3) is 3.88. The Labute approximate surface area is 152 Å². The molecule has 3 rings (SSSR count). The summed E-state index contributed by atoms with van der Waals surface area (Å²) in [6.45, 7) is 2.68. The first-order valence-corrected chi connectivity index (χ1v) is 9.11. The van der Waals surface area contributed by atoms with Crippen molar-refractivity contribution in [3.05, 3.63) is 74.6 Å². The van der Waals surface area contributed by atoms with E-state index in [4.69, 9.17) is 0 Å². The quantitative estimate of drug-likeness (QED) is 0.553. The van der Waals surface area contributed by atoms with Crippen LogP contribution in [0.15, 0.2) is 68.5 Å². The third-order valence-corrected chi connectivity index (χ3v) is 4.69. The van der Waals surface area contributed by atoms with E-state index in [-0.39, 0.29) is 5.82 Å². The van der Waals surface area contributed by atoms with Gasteiger partial charge in [0.25, 0.3) is 0 Å². The Kier molecular flexibility index (Phi) is 5.37. The molecule has 0 saturated heterocycles. The van der Waals surface area contributed by atoms with Crippen molar-refractivity contribution in [2.75, 3.05) is 6.54 Å². The monoisotopic (exact) mass is 403 g/mol. The Morgan fingerprint density at radius 2 is 1.83 bits per heavy atom. The van der Waals surface area contributed by atoms with E-state index >= 15 is 0 Å². The highest BCUT2D eigenvalue weighted by atomic mass is 79.9. The van der Waals surface area contributed by atoms with Crippen molar-refractivity contribution in [2.24, 2.45) is 10.1 Å². The molecule has 0 atom stereocenters. The Morgan fingerprint density at radius 1 is 1.12 bits per heavy atom. The van der Waals surface area contributed by atoms with Gasteiger partial charge in [-0.2, -0.15) is 5.10 Å². The van der Waals surface area contributed by atoms with Crippen molar-refractivity contribution in [2.45, 2.75) is 6.92 Å². The maximum atomic E-state index is 13.0. The summed E-state index contributed by atoms with van der Waals surface area (Å²) in [5.74, 6) is -0.257. The van der Waals surface area contributed by atoms with Crippen LogP contribution in [0.4, 0.5) is 4.39 Å². The van der Waals surface area contributed by atoms with Crippen LogP contribution >= 0.6 is 27.3 Å². The average Bonchev–Trinajstić information content (AvgIpc) is 2.98. The lowest BCUT2D eigenvalue weighted by molar-refractivity contribution is 0.628. The van der Waals surface area contributed by atoms with E-state index in [0.29, 0.717) is 6.54 Å². The topological polar surface area (TPSA) is 29.6 Å². The minimum Gasteiger partial charge on any atom is -0.258 e. The number of hydrogen-bond donors (Lipinski definition) is 0. The van der Waals surface area contributed by atoms with Crippen molar-refractivity contribution in [1.29, 1.82) is 0 Å². The van der Waals surface area contributed by atoms with Gasteiger partial charge in [0.15, 0.2) is 0 Å². The summed E-state index contributed by atoms with van der Waals surface area (Å²) < 4.78 is 15.9. The van der Waals surface area contributed by atoms with Gasteiger partial charge < -0.3 is 0 Å². The molecule has 24 heavy (non-hydrogen) atoms. The molecule has 1 heterocycles. The van der Waals surface area contributed by atoms with E-state index in [1.54, 1.807) is 29.7 Å². The molecule has 0 spiro atoms. The van der Waals surface area contributed by atoms with Crippen LogP contribution in [0, 0.1) is 5.82 Å². The fourth-order valence-corrected chi connectivity index (χ4v) is 3.31. The lowest BCUT2D eigenvalue weighted by Gasteiger charge is -2.04. The van der Waals surface area contributed by atoms with Gasteiger partial charge in [0.2, 0.25) is 4.80 Å². The van der Waals surface area contributed by atoms with Crippen LogP contribution in [0.2, 0.25) is 0 Å². The SMILES string of the molecule is CCN=c1scc(-c2ccc(Br)cc2)n1/N=C\c1ccc(F)cc1. The summed E-state index contributed by atoms with van der Waals surface area (Å²) in [6, 6.07) is 14.3. The van der Waals surface area contributed by atoms with Crippen molar-refractivity contribution in [1.82, 2.24) is 4.68 Å². The molecule has 0 aliphatic carbocycles. The predicted molar refractivity (Wildman–Crippen MR) is 101 cm³/mol. The lowest BCUT2D eigenvalue weighted by Crippen LogP contribution is -2.12. The fourth-order valence-electron chi connectivity index (χ4n) is 2.15. The van der Waals surface area contributed by atoms with Crippen LogP contribution in [0.25, 0.3) is 11.3 Å². The second-order valence-corrected chi connectivity index (χ2v) is 6.74. The Hall–Kier alpha value is -2.05. The summed E-state index contributed by atoms with van der Waals surface area (Å²) >= 11 is 5.00. The molecule has 3 aromatic rings. The minimum atomic E-state index is -0.257. The van der Waals surface area contributed by atoms with Gasteiger partial charge in [0.05, 0.1) is 11.9 Å². The molecule has 0 saturated carbocycles. The van der Waals surface area contributed by atoms with Gasteiger partial charge in [-0.05, 0) is 36.8 Å². The number of aromatic nitrogens is 1. The Bertz CT molecular complexity index is 909. The number of nitrogens with zero attached hydrogens (tertiary/aromatic N) is 3. The maximum absolute atomic E-state index is 13.0. The summed E-state index contributed by atoms with van der Waals surface area (Å²) in [7, 11) is 0. The first kappa shape index (κ1) is 16.8. The van der Waals surface area contributed by atoms with Crippen molar-refractivity contribution in [3.8, 4) is 11.3 Å². The predicted octanol–water partition coefficient (Wildman–Crippen LogP) is 4.92. The lowest BCUT2D eigenvalue weighted by atomic mass is 10.2. The highest BCUT2D eigenvalue weighted by molar-refractivity contribution is 9.10. The average molecular weight is 404 g/mol. The zero-order valence-electron chi connectivity index (χ0n) is 13.0. The first-order valence-electron chi connectivity index (χ1n) is 7.44. The summed E-state index contributed by atoms with van der Waals surface area (Å²) in [5.41, 5.74) is 2.86. The molecule has 0 radical (unpaired) electrons. The second kappa shape index (κ2) is 7.68. The number of thiazole rings is 1. The van der Waals surface area contributed by atoms with Gasteiger partial charge in [0.1, 0.15) is 5.82 Å². The van der Waals surface area contributed by atoms with Gasteiger partial charge in [-0.1, -0.05) is 40.2 Å². The molecule has 0 aliphatic rings. The van der Waals surface area contributed by atoms with Gasteiger partial charge in [-0.25, -0.2) is 9.07 Å². The number of benzene rings is 2. The molecule has 0 aliphatic heterocycles. The molecule has 0 amide bonds. The van der Waals surface area contributed by atoms with Gasteiger partial charge >= 0.3 is 0 Å². The first-order chi connectivity index (χ1) is 11.7. The summed E-state index contributed by atoms with van der Waals surface area (Å²) in [4.78, 5) is 5.32. The minimum absolute atomic E-state index is 0.257. The molecule has 0 unspecified atom stereocenters. The zero-order chi connectivity index (χ0) is 16.9. The maximum Gasteiger partial charge on any atom is 0.206 e. The van der Waals surface area contributed by atoms with Gasteiger partial charge in [0, 0.05) is 22.0 Å². The van der Waals surface area contributed by atoms with Crippen molar-refractivity contribution < 1.29 is 4.39 Å². The third-order valence-electron chi connectivity index (χ3n) is 3.31. The van der Waals surface area contributed by atoms with Crippen LogP contribution in [-0.4, -0.2) is 17.4 Å². The van der Waals surface area contributed by atoms with Crippen molar-refractivity contribution in [3.63, 3.8) is 0 Å². The molecule has 0 fully saturated rings. The van der Waals surface area contributed by atoms with E-state index in [1.165, 1.54) is 12.1 Å². The number of hydrogen-bond acceptors (Lipinski definition) is 3. The van der Waals surface area contributed by atoms with Crippen LogP contribution in [-0.2, 0) is 0 Å². The fraction of sp³-hybridized carbons (Fsp3) is 0.111. The molecular formula is C18H15BrFN3S. The summed E-state index contributed by atoms with van der Waals surface area (Å²) in [5, 5.41) is 6.60. The van der Waals surface area contributed by atoms with Crippen LogP contribution < -0.4 is 4.80 Å². The Balaban J connectivity index is 2.04. The van der Waals surface area contributed by atoms with Crippen LogP contribution in [0.1, 0.15) is 12.5 Å². The van der Waals surface area contributed by atoms with E-state index in [1.807, 2.05) is 41.2 Å². The Morgan fingerprint density at radius 3 is 2.50 bits per heavy atom. The van der Waals surface area contributed by atoms with E-state index < -0.39 is 0 Å². The second-order valence-electron chi connectivity index (χ2n) is 4.99. The van der Waals surface area contributed by atoms with Gasteiger partial charge in [-0.15, -0.1) is 11.3 Å². The summed E-state index contributed by atoms with van der Waals surface area (Å²) in [6.07, 6.45) is 1.71. The van der Waals surface area contributed by atoms with Crippen LogP contribution in [0.3, 0.4) is 0 Å². The molecule has 0 N–H and O–H groups in total. The largest absolute Gasteiger partial charge is 0.258 e. The smallest absolute Gasteiger partial charge is 0.206 e. The zero-order valence-corrected chi connectivity index (χ0v) is 15.4. The molecule has 3 nitrogen and oxygen atoms in total.